The van der Waals surface area contributed by atoms with Gasteiger partial charge >= 0.3 is 5.97 Å². The molecular formula is C19H14N2O4. The molecule has 6 heteroatoms. The minimum absolute atomic E-state index is 0.128. The van der Waals surface area contributed by atoms with Crippen molar-refractivity contribution in [3.63, 3.8) is 0 Å². The van der Waals surface area contributed by atoms with E-state index in [1.807, 2.05) is 30.3 Å². The highest BCUT2D eigenvalue weighted by Gasteiger charge is 2.36. The highest BCUT2D eigenvalue weighted by molar-refractivity contribution is 6.21. The van der Waals surface area contributed by atoms with Gasteiger partial charge in [-0.05, 0) is 30.7 Å². The first-order valence-corrected chi connectivity index (χ1v) is 7.66. The van der Waals surface area contributed by atoms with Crippen LogP contribution in [-0.2, 0) is 11.3 Å². The predicted molar refractivity (Wildman–Crippen MR) is 87.6 cm³/mol. The number of imide groups is 1. The minimum atomic E-state index is -0.896. The van der Waals surface area contributed by atoms with E-state index < -0.39 is 23.9 Å². The Kier molecular flexibility index (Phi) is 4.31. The van der Waals surface area contributed by atoms with Crippen molar-refractivity contribution in [2.24, 2.45) is 0 Å². The van der Waals surface area contributed by atoms with Gasteiger partial charge in [0.15, 0.2) is 6.10 Å². The van der Waals surface area contributed by atoms with Crippen LogP contribution in [0.25, 0.3) is 0 Å². The number of amides is 2. The second-order valence-electron chi connectivity index (χ2n) is 5.62. The molecule has 1 aliphatic rings. The standard InChI is InChI=1S/C19H14N2O4/c1-12(10-20)25-19(24)14-7-8-15-16(9-14)18(23)21(17(15)22)11-13-5-3-2-4-6-13/h2-9,12H,11H2,1H3/t12-/m1/s1. The molecule has 6 nitrogen and oxygen atoms in total. The number of benzene rings is 2. The van der Waals surface area contributed by atoms with Crippen LogP contribution < -0.4 is 0 Å². The molecule has 2 aromatic carbocycles. The molecule has 0 aromatic heterocycles. The van der Waals surface area contributed by atoms with Gasteiger partial charge in [0, 0.05) is 0 Å². The summed E-state index contributed by atoms with van der Waals surface area (Å²) < 4.78 is 4.92. The second-order valence-corrected chi connectivity index (χ2v) is 5.62. The van der Waals surface area contributed by atoms with Crippen LogP contribution in [-0.4, -0.2) is 28.8 Å². The fourth-order valence-corrected chi connectivity index (χ4v) is 2.58. The summed E-state index contributed by atoms with van der Waals surface area (Å²) in [6.07, 6.45) is -0.896. The van der Waals surface area contributed by atoms with Crippen LogP contribution in [0.5, 0.6) is 0 Å². The molecule has 0 N–H and O–H groups in total. The lowest BCUT2D eigenvalue weighted by molar-refractivity contribution is 0.0435. The Labute approximate surface area is 144 Å². The lowest BCUT2D eigenvalue weighted by atomic mass is 10.1. The molecule has 0 spiro atoms. The van der Waals surface area contributed by atoms with Gasteiger partial charge in [0.2, 0.25) is 0 Å². The molecule has 1 heterocycles. The van der Waals surface area contributed by atoms with Gasteiger partial charge in [-0.3, -0.25) is 14.5 Å². The molecule has 2 aromatic rings. The van der Waals surface area contributed by atoms with Gasteiger partial charge in [0.1, 0.15) is 6.07 Å². The topological polar surface area (TPSA) is 87.5 Å². The Morgan fingerprint density at radius 3 is 2.48 bits per heavy atom. The molecule has 0 fully saturated rings. The van der Waals surface area contributed by atoms with Crippen LogP contribution in [0.2, 0.25) is 0 Å². The fourth-order valence-electron chi connectivity index (χ4n) is 2.58. The highest BCUT2D eigenvalue weighted by atomic mass is 16.5. The fraction of sp³-hybridized carbons (Fsp3) is 0.158. The van der Waals surface area contributed by atoms with Crippen LogP contribution in [0.1, 0.15) is 43.6 Å². The summed E-state index contributed by atoms with van der Waals surface area (Å²) in [5.74, 6) is -1.56. The van der Waals surface area contributed by atoms with E-state index in [0.717, 1.165) is 10.5 Å². The van der Waals surface area contributed by atoms with Crippen LogP contribution in [0.15, 0.2) is 48.5 Å². The summed E-state index contributed by atoms with van der Waals surface area (Å²) in [7, 11) is 0. The third kappa shape index (κ3) is 3.12. The van der Waals surface area contributed by atoms with Crippen molar-refractivity contribution >= 4 is 17.8 Å². The Balaban J connectivity index is 1.86. The number of hydrogen-bond acceptors (Lipinski definition) is 5. The molecule has 0 saturated carbocycles. The van der Waals surface area contributed by atoms with Crippen molar-refractivity contribution < 1.29 is 19.1 Å². The van der Waals surface area contributed by atoms with E-state index in [1.54, 1.807) is 6.07 Å². The quantitative estimate of drug-likeness (QED) is 0.633. The number of nitriles is 1. The summed E-state index contributed by atoms with van der Waals surface area (Å²) in [4.78, 5) is 38.2. The molecule has 1 aliphatic heterocycles. The van der Waals surface area contributed by atoms with Crippen molar-refractivity contribution in [2.45, 2.75) is 19.6 Å². The van der Waals surface area contributed by atoms with Gasteiger partial charge in [0.05, 0.1) is 23.2 Å². The van der Waals surface area contributed by atoms with Crippen LogP contribution in [0, 0.1) is 11.3 Å². The molecule has 25 heavy (non-hydrogen) atoms. The molecular weight excluding hydrogens is 320 g/mol. The van der Waals surface area contributed by atoms with Gasteiger partial charge in [-0.1, -0.05) is 30.3 Å². The first kappa shape index (κ1) is 16.4. The first-order chi connectivity index (χ1) is 12.0. The maximum atomic E-state index is 12.6. The summed E-state index contributed by atoms with van der Waals surface area (Å²) in [6, 6.07) is 15.2. The Bertz CT molecular complexity index is 899. The molecule has 0 bridgehead atoms. The Hall–Kier alpha value is -3.46. The van der Waals surface area contributed by atoms with E-state index in [9.17, 15) is 14.4 Å². The number of carbonyl (C=O) groups is 3. The second kappa shape index (κ2) is 6.57. The summed E-state index contributed by atoms with van der Waals surface area (Å²) in [5.41, 5.74) is 1.38. The van der Waals surface area contributed by atoms with Crippen molar-refractivity contribution in [1.82, 2.24) is 4.90 Å². The van der Waals surface area contributed by atoms with Gasteiger partial charge in [-0.25, -0.2) is 4.79 Å². The zero-order valence-electron chi connectivity index (χ0n) is 13.4. The molecule has 3 rings (SSSR count). The molecule has 0 saturated heterocycles. The smallest absolute Gasteiger partial charge is 0.339 e. The Morgan fingerprint density at radius 2 is 1.80 bits per heavy atom. The number of ether oxygens (including phenoxy) is 1. The summed E-state index contributed by atoms with van der Waals surface area (Å²) in [5, 5.41) is 8.70. The maximum absolute atomic E-state index is 12.6. The molecule has 0 aliphatic carbocycles. The molecule has 124 valence electrons. The van der Waals surface area contributed by atoms with Crippen molar-refractivity contribution in [3.8, 4) is 6.07 Å². The number of fused-ring (bicyclic) bond motifs is 1. The number of carbonyl (C=O) groups excluding carboxylic acids is 3. The largest absolute Gasteiger partial charge is 0.444 e. The maximum Gasteiger partial charge on any atom is 0.339 e. The monoisotopic (exact) mass is 334 g/mol. The van der Waals surface area contributed by atoms with E-state index in [4.69, 9.17) is 10.00 Å². The van der Waals surface area contributed by atoms with Crippen molar-refractivity contribution in [2.75, 3.05) is 0 Å². The summed E-state index contributed by atoms with van der Waals surface area (Å²) >= 11 is 0. The van der Waals surface area contributed by atoms with Gasteiger partial charge < -0.3 is 4.74 Å². The van der Waals surface area contributed by atoms with E-state index >= 15 is 0 Å². The average molecular weight is 334 g/mol. The molecule has 1 atom stereocenters. The number of nitrogens with zero attached hydrogens (tertiary/aromatic N) is 2. The van der Waals surface area contributed by atoms with Crippen LogP contribution in [0.4, 0.5) is 0 Å². The number of hydrogen-bond donors (Lipinski definition) is 0. The number of rotatable bonds is 4. The van der Waals surface area contributed by atoms with Gasteiger partial charge in [0.25, 0.3) is 11.8 Å². The van der Waals surface area contributed by atoms with E-state index in [2.05, 4.69) is 0 Å². The molecule has 2 amide bonds. The zero-order valence-corrected chi connectivity index (χ0v) is 13.4. The van der Waals surface area contributed by atoms with Crippen LogP contribution in [0.3, 0.4) is 0 Å². The lowest BCUT2D eigenvalue weighted by Crippen LogP contribution is -2.29. The normalized spacial score (nSPS) is 14.0. The Morgan fingerprint density at radius 1 is 1.12 bits per heavy atom. The lowest BCUT2D eigenvalue weighted by Gasteiger charge is -2.13. The number of esters is 1. The van der Waals surface area contributed by atoms with Crippen molar-refractivity contribution in [1.29, 1.82) is 5.26 Å². The highest BCUT2D eigenvalue weighted by Crippen LogP contribution is 2.26. The van der Waals surface area contributed by atoms with Gasteiger partial charge in [-0.2, -0.15) is 5.26 Å². The third-order valence-electron chi connectivity index (χ3n) is 3.86. The first-order valence-electron chi connectivity index (χ1n) is 7.66. The van der Waals surface area contributed by atoms with Crippen LogP contribution >= 0.6 is 0 Å². The average Bonchev–Trinajstić information content (AvgIpc) is 2.87. The zero-order chi connectivity index (χ0) is 18.0. The summed E-state index contributed by atoms with van der Waals surface area (Å²) in [6.45, 7) is 1.61. The predicted octanol–water partition coefficient (Wildman–Crippen LogP) is 2.55. The molecule has 0 unspecified atom stereocenters. The third-order valence-corrected chi connectivity index (χ3v) is 3.86. The van der Waals surface area contributed by atoms with Gasteiger partial charge in [-0.15, -0.1) is 0 Å². The SMILES string of the molecule is C[C@H](C#N)OC(=O)c1ccc2c(c1)C(=O)N(Cc1ccccc1)C2=O. The van der Waals surface area contributed by atoms with E-state index in [1.165, 1.54) is 25.1 Å². The van der Waals surface area contributed by atoms with E-state index in [0.29, 0.717) is 0 Å². The van der Waals surface area contributed by atoms with E-state index in [-0.39, 0.29) is 23.2 Å². The molecule has 0 radical (unpaired) electrons. The minimum Gasteiger partial charge on any atom is -0.444 e. The van der Waals surface area contributed by atoms with Crippen molar-refractivity contribution in [3.05, 3.63) is 70.8 Å².